The standard InChI is InChI=1S/C31H42FN7O3/c1-23(39(4)28(40)13-9-17-38(2)3)30(41)33-16-7-5-6-10-25-22-35-31(36-27-12-8-11-26(32)20-27)37-29(25)34-21-24-14-18-42-19-15-24/h8-9,11-13,20,22-24H,5,7,14-19,21H2,1-4H3,(H,33,41)(H2,34,35,36,37)/b13-9+/t23-/m0/s1. The first-order valence-corrected chi connectivity index (χ1v) is 14.3. The third-order valence-corrected chi connectivity index (χ3v) is 6.81. The fraction of sp³-hybridized carbons (Fsp3) is 0.484. The topological polar surface area (TPSA) is 112 Å². The summed E-state index contributed by atoms with van der Waals surface area (Å²) in [6.45, 7) is 5.04. The summed E-state index contributed by atoms with van der Waals surface area (Å²) in [5, 5.41) is 9.34. The van der Waals surface area contributed by atoms with Crippen molar-refractivity contribution in [3.63, 3.8) is 0 Å². The van der Waals surface area contributed by atoms with Gasteiger partial charge in [-0.05, 0) is 64.4 Å². The molecule has 0 unspecified atom stereocenters. The molecule has 3 rings (SSSR count). The van der Waals surface area contributed by atoms with Crippen LogP contribution in [-0.4, -0.2) is 91.6 Å². The van der Waals surface area contributed by atoms with Crippen LogP contribution in [0.2, 0.25) is 0 Å². The van der Waals surface area contributed by atoms with E-state index in [-0.39, 0.29) is 17.6 Å². The second kappa shape index (κ2) is 17.1. The Kier molecular flexibility index (Phi) is 13.2. The van der Waals surface area contributed by atoms with E-state index in [2.05, 4.69) is 37.8 Å². The molecule has 1 saturated heterocycles. The van der Waals surface area contributed by atoms with Crippen molar-refractivity contribution in [1.29, 1.82) is 0 Å². The molecule has 0 aliphatic carbocycles. The van der Waals surface area contributed by atoms with Gasteiger partial charge in [0.15, 0.2) is 0 Å². The number of carbonyl (C=O) groups excluding carboxylic acids is 2. The van der Waals surface area contributed by atoms with Crippen LogP contribution in [0.15, 0.2) is 42.6 Å². The number of halogens is 1. The smallest absolute Gasteiger partial charge is 0.246 e. The van der Waals surface area contributed by atoms with E-state index in [0.29, 0.717) is 54.9 Å². The van der Waals surface area contributed by atoms with Crippen molar-refractivity contribution in [2.75, 3.05) is 64.6 Å². The van der Waals surface area contributed by atoms with E-state index in [1.165, 1.54) is 23.1 Å². The molecule has 1 aromatic heterocycles. The summed E-state index contributed by atoms with van der Waals surface area (Å²) in [5.41, 5.74) is 1.21. The number of nitrogens with one attached hydrogen (secondary N) is 3. The van der Waals surface area contributed by atoms with E-state index in [1.807, 2.05) is 19.0 Å². The zero-order valence-electron chi connectivity index (χ0n) is 25.0. The molecule has 3 N–H and O–H groups in total. The molecule has 1 atom stereocenters. The van der Waals surface area contributed by atoms with E-state index in [4.69, 9.17) is 4.74 Å². The highest BCUT2D eigenvalue weighted by atomic mass is 19.1. The lowest BCUT2D eigenvalue weighted by atomic mass is 10.0. The van der Waals surface area contributed by atoms with Gasteiger partial charge in [-0.1, -0.05) is 24.0 Å². The zero-order chi connectivity index (χ0) is 30.3. The summed E-state index contributed by atoms with van der Waals surface area (Å²) in [7, 11) is 5.45. The average molecular weight is 580 g/mol. The van der Waals surface area contributed by atoms with Crippen molar-refractivity contribution in [2.24, 2.45) is 5.92 Å². The van der Waals surface area contributed by atoms with Crippen molar-refractivity contribution in [1.82, 2.24) is 25.1 Å². The molecule has 0 spiro atoms. The Morgan fingerprint density at radius 3 is 2.76 bits per heavy atom. The van der Waals surface area contributed by atoms with Gasteiger partial charge < -0.3 is 30.5 Å². The second-order valence-electron chi connectivity index (χ2n) is 10.5. The highest BCUT2D eigenvalue weighted by Crippen LogP contribution is 2.20. The number of unbranched alkanes of at least 4 members (excludes halogenated alkanes) is 1. The minimum Gasteiger partial charge on any atom is -0.381 e. The molecule has 2 aromatic rings. The van der Waals surface area contributed by atoms with Gasteiger partial charge in [0, 0.05) is 58.1 Å². The SMILES string of the molecule is C[C@@H](C(=O)NCCCC#Cc1cnc(Nc2cccc(F)c2)nc1NCC1CCOCC1)N(C)C(=O)/C=C/CN(C)C. The van der Waals surface area contributed by atoms with Crippen LogP contribution in [0, 0.1) is 23.6 Å². The number of benzene rings is 1. The number of hydrogen-bond acceptors (Lipinski definition) is 8. The monoisotopic (exact) mass is 579 g/mol. The Hall–Kier alpha value is -4.01. The summed E-state index contributed by atoms with van der Waals surface area (Å²) in [6.07, 6.45) is 8.07. The van der Waals surface area contributed by atoms with Crippen LogP contribution < -0.4 is 16.0 Å². The summed E-state index contributed by atoms with van der Waals surface area (Å²) in [5.74, 6) is 6.94. The molecule has 42 heavy (non-hydrogen) atoms. The van der Waals surface area contributed by atoms with Crippen LogP contribution in [0.5, 0.6) is 0 Å². The molecule has 1 aromatic carbocycles. The van der Waals surface area contributed by atoms with Crippen LogP contribution in [0.4, 0.5) is 21.8 Å². The molecular formula is C31H42FN7O3. The Labute approximate surface area is 248 Å². The number of anilines is 3. The summed E-state index contributed by atoms with van der Waals surface area (Å²) >= 11 is 0. The molecule has 11 heteroatoms. The molecule has 1 aliphatic heterocycles. The number of hydrogen-bond donors (Lipinski definition) is 3. The van der Waals surface area contributed by atoms with Gasteiger partial charge in [-0.25, -0.2) is 9.37 Å². The highest BCUT2D eigenvalue weighted by molar-refractivity contribution is 5.92. The van der Waals surface area contributed by atoms with Gasteiger partial charge in [0.2, 0.25) is 17.8 Å². The molecule has 0 bridgehead atoms. The van der Waals surface area contributed by atoms with Crippen molar-refractivity contribution in [2.45, 2.75) is 38.6 Å². The van der Waals surface area contributed by atoms with E-state index >= 15 is 0 Å². The van der Waals surface area contributed by atoms with Crippen molar-refractivity contribution < 1.29 is 18.7 Å². The van der Waals surface area contributed by atoms with E-state index in [1.54, 1.807) is 38.4 Å². The van der Waals surface area contributed by atoms with Gasteiger partial charge >= 0.3 is 0 Å². The first kappa shape index (κ1) is 32.5. The maximum Gasteiger partial charge on any atom is 0.246 e. The van der Waals surface area contributed by atoms with E-state index < -0.39 is 6.04 Å². The Morgan fingerprint density at radius 2 is 2.02 bits per heavy atom. The first-order valence-electron chi connectivity index (χ1n) is 14.3. The Balaban J connectivity index is 1.54. The maximum absolute atomic E-state index is 13.6. The number of nitrogens with zero attached hydrogens (tertiary/aromatic N) is 4. The van der Waals surface area contributed by atoms with Crippen LogP contribution in [-0.2, 0) is 14.3 Å². The predicted octanol–water partition coefficient (Wildman–Crippen LogP) is 3.41. The number of rotatable bonds is 13. The number of likely N-dealkylation sites (N-methyl/N-ethyl adjacent to an activating group) is 2. The molecule has 2 heterocycles. The Bertz CT molecular complexity index is 1270. The van der Waals surface area contributed by atoms with Crippen molar-refractivity contribution in [3.05, 3.63) is 54.0 Å². The molecule has 10 nitrogen and oxygen atoms in total. The van der Waals surface area contributed by atoms with Crippen LogP contribution in [0.25, 0.3) is 0 Å². The van der Waals surface area contributed by atoms with Crippen LogP contribution in [0.3, 0.4) is 0 Å². The van der Waals surface area contributed by atoms with E-state index in [0.717, 1.165) is 32.6 Å². The fourth-order valence-corrected chi connectivity index (χ4v) is 4.10. The van der Waals surface area contributed by atoms with E-state index in [9.17, 15) is 14.0 Å². The predicted molar refractivity (Wildman–Crippen MR) is 163 cm³/mol. The highest BCUT2D eigenvalue weighted by Gasteiger charge is 2.20. The normalized spacial score (nSPS) is 14.2. The minimum atomic E-state index is -0.589. The zero-order valence-corrected chi connectivity index (χ0v) is 25.0. The summed E-state index contributed by atoms with van der Waals surface area (Å²) in [6, 6.07) is 5.53. The molecule has 0 radical (unpaired) electrons. The molecule has 0 saturated carbocycles. The summed E-state index contributed by atoms with van der Waals surface area (Å²) < 4.78 is 19.1. The number of amides is 2. The van der Waals surface area contributed by atoms with Gasteiger partial charge in [-0.15, -0.1) is 0 Å². The lowest BCUT2D eigenvalue weighted by Gasteiger charge is -2.23. The third kappa shape index (κ3) is 11.1. The van der Waals surface area contributed by atoms with Gasteiger partial charge in [0.25, 0.3) is 0 Å². The minimum absolute atomic E-state index is 0.214. The molecule has 226 valence electrons. The molecule has 1 aliphatic rings. The fourth-order valence-electron chi connectivity index (χ4n) is 4.10. The third-order valence-electron chi connectivity index (χ3n) is 6.81. The van der Waals surface area contributed by atoms with Crippen molar-refractivity contribution in [3.8, 4) is 11.8 Å². The largest absolute Gasteiger partial charge is 0.381 e. The Morgan fingerprint density at radius 1 is 1.24 bits per heavy atom. The molecule has 1 fully saturated rings. The lowest BCUT2D eigenvalue weighted by Crippen LogP contribution is -2.45. The van der Waals surface area contributed by atoms with Gasteiger partial charge in [0.1, 0.15) is 17.7 Å². The number of ether oxygens (including phenoxy) is 1. The molecule has 2 amide bonds. The van der Waals surface area contributed by atoms with Crippen LogP contribution >= 0.6 is 0 Å². The first-order chi connectivity index (χ1) is 20.2. The van der Waals surface area contributed by atoms with Crippen LogP contribution in [0.1, 0.15) is 38.2 Å². The lowest BCUT2D eigenvalue weighted by molar-refractivity contribution is -0.135. The number of aromatic nitrogens is 2. The average Bonchev–Trinajstić information content (AvgIpc) is 2.98. The molecular weight excluding hydrogens is 537 g/mol. The van der Waals surface area contributed by atoms with Gasteiger partial charge in [0.05, 0.1) is 11.8 Å². The number of carbonyl (C=O) groups is 2. The van der Waals surface area contributed by atoms with Gasteiger partial charge in [-0.2, -0.15) is 4.98 Å². The van der Waals surface area contributed by atoms with Gasteiger partial charge in [-0.3, -0.25) is 9.59 Å². The summed E-state index contributed by atoms with van der Waals surface area (Å²) in [4.78, 5) is 37.2. The second-order valence-corrected chi connectivity index (χ2v) is 10.5. The van der Waals surface area contributed by atoms with Crippen molar-refractivity contribution >= 4 is 29.3 Å². The maximum atomic E-state index is 13.6. The quantitative estimate of drug-likeness (QED) is 0.188.